The summed E-state index contributed by atoms with van der Waals surface area (Å²) in [6.07, 6.45) is 0.794. The average Bonchev–Trinajstić information content (AvgIpc) is 2.28. The molecule has 0 saturated heterocycles. The van der Waals surface area contributed by atoms with Gasteiger partial charge in [-0.05, 0) is 16.8 Å². The summed E-state index contributed by atoms with van der Waals surface area (Å²) in [5.41, 5.74) is 0. The first-order valence-electron chi connectivity index (χ1n) is 5.58. The Labute approximate surface area is 96.4 Å². The van der Waals surface area contributed by atoms with Gasteiger partial charge in [-0.1, -0.05) is 55.8 Å². The van der Waals surface area contributed by atoms with Crippen molar-refractivity contribution in [3.05, 3.63) is 42.5 Å². The van der Waals surface area contributed by atoms with E-state index in [4.69, 9.17) is 0 Å². The molecule has 2 aromatic rings. The van der Waals surface area contributed by atoms with E-state index in [-0.39, 0.29) is 0 Å². The van der Waals surface area contributed by atoms with Gasteiger partial charge in [0.2, 0.25) is 0 Å². The number of hydrogen-bond acceptors (Lipinski definition) is 2. The first kappa shape index (κ1) is 11.3. The Bertz CT molecular complexity index is 489. The Kier molecular flexibility index (Phi) is 3.09. The van der Waals surface area contributed by atoms with E-state index < -0.39 is 8.56 Å². The molecule has 2 N–H and O–H groups in total. The van der Waals surface area contributed by atoms with E-state index in [1.54, 1.807) is 0 Å². The summed E-state index contributed by atoms with van der Waals surface area (Å²) in [4.78, 5) is 20.4. The van der Waals surface area contributed by atoms with Crippen molar-refractivity contribution in [1.29, 1.82) is 0 Å². The van der Waals surface area contributed by atoms with Crippen LogP contribution < -0.4 is 5.19 Å². The van der Waals surface area contributed by atoms with Gasteiger partial charge in [0.05, 0.1) is 0 Å². The van der Waals surface area contributed by atoms with Crippen LogP contribution in [0, 0.1) is 0 Å². The lowest BCUT2D eigenvalue weighted by Crippen LogP contribution is -2.48. The molecule has 2 aromatic carbocycles. The fraction of sp³-hybridized carbons (Fsp3) is 0.231. The van der Waals surface area contributed by atoms with Gasteiger partial charge in [-0.3, -0.25) is 0 Å². The van der Waals surface area contributed by atoms with Crippen molar-refractivity contribution < 1.29 is 9.59 Å². The molecular formula is C13H16O2Si. The molecule has 0 aliphatic carbocycles. The minimum absolute atomic E-state index is 0.487. The van der Waals surface area contributed by atoms with Gasteiger partial charge in [-0.15, -0.1) is 0 Å². The van der Waals surface area contributed by atoms with Gasteiger partial charge in [0.15, 0.2) is 0 Å². The number of benzene rings is 2. The molecule has 0 heterocycles. The maximum Gasteiger partial charge on any atom is 0.367 e. The Hall–Kier alpha value is -1.16. The van der Waals surface area contributed by atoms with Crippen LogP contribution in [-0.4, -0.2) is 18.2 Å². The molecule has 2 rings (SSSR count). The standard InChI is InChI=1S/C13H16O2Si/c1-2-10-16(14,15)13-9-5-7-11-6-3-4-8-12(11)13/h3-9,14-15H,2,10H2,1H3. The molecule has 0 saturated carbocycles. The zero-order valence-electron chi connectivity index (χ0n) is 9.35. The molecule has 2 nitrogen and oxygen atoms in total. The van der Waals surface area contributed by atoms with Gasteiger partial charge in [0.1, 0.15) is 0 Å². The Morgan fingerprint density at radius 1 is 1.00 bits per heavy atom. The van der Waals surface area contributed by atoms with Gasteiger partial charge >= 0.3 is 8.56 Å². The van der Waals surface area contributed by atoms with Gasteiger partial charge < -0.3 is 9.59 Å². The van der Waals surface area contributed by atoms with Crippen LogP contribution in [0.2, 0.25) is 6.04 Å². The van der Waals surface area contributed by atoms with Gasteiger partial charge in [-0.2, -0.15) is 0 Å². The fourth-order valence-corrected chi connectivity index (χ4v) is 4.05. The van der Waals surface area contributed by atoms with Crippen LogP contribution in [0.15, 0.2) is 42.5 Å². The molecule has 0 aliphatic heterocycles. The van der Waals surface area contributed by atoms with E-state index >= 15 is 0 Å². The van der Waals surface area contributed by atoms with Crippen molar-refractivity contribution in [3.8, 4) is 0 Å². The van der Waals surface area contributed by atoms with E-state index in [1.165, 1.54) is 0 Å². The number of rotatable bonds is 3. The molecule has 0 aromatic heterocycles. The molecule has 16 heavy (non-hydrogen) atoms. The lowest BCUT2D eigenvalue weighted by atomic mass is 10.1. The van der Waals surface area contributed by atoms with Gasteiger partial charge in [-0.25, -0.2) is 0 Å². The van der Waals surface area contributed by atoms with E-state index in [1.807, 2.05) is 49.4 Å². The Morgan fingerprint density at radius 2 is 1.69 bits per heavy atom. The van der Waals surface area contributed by atoms with Crippen LogP contribution in [0.3, 0.4) is 0 Å². The van der Waals surface area contributed by atoms with Crippen LogP contribution in [-0.2, 0) is 0 Å². The van der Waals surface area contributed by atoms with E-state index in [0.29, 0.717) is 6.04 Å². The van der Waals surface area contributed by atoms with Crippen LogP contribution in [0.4, 0.5) is 0 Å². The monoisotopic (exact) mass is 232 g/mol. The first-order valence-corrected chi connectivity index (χ1v) is 7.68. The summed E-state index contributed by atoms with van der Waals surface area (Å²) in [6.45, 7) is 1.97. The normalized spacial score (nSPS) is 11.9. The fourth-order valence-electron chi connectivity index (χ4n) is 2.06. The second-order valence-corrected chi connectivity index (χ2v) is 6.77. The van der Waals surface area contributed by atoms with Crippen molar-refractivity contribution in [1.82, 2.24) is 0 Å². The van der Waals surface area contributed by atoms with E-state index in [0.717, 1.165) is 22.4 Å². The first-order chi connectivity index (χ1) is 7.65. The summed E-state index contributed by atoms with van der Waals surface area (Å²) in [7, 11) is -3.24. The number of fused-ring (bicyclic) bond motifs is 1. The highest BCUT2D eigenvalue weighted by atomic mass is 28.4. The lowest BCUT2D eigenvalue weighted by Gasteiger charge is -2.19. The van der Waals surface area contributed by atoms with E-state index in [2.05, 4.69) is 0 Å². The molecule has 0 unspecified atom stereocenters. The molecule has 0 radical (unpaired) electrons. The average molecular weight is 232 g/mol. The third kappa shape index (κ3) is 2.02. The summed E-state index contributed by atoms with van der Waals surface area (Å²) in [5.74, 6) is 0. The third-order valence-corrected chi connectivity index (χ3v) is 5.32. The van der Waals surface area contributed by atoms with Crippen molar-refractivity contribution in [2.75, 3.05) is 0 Å². The highest BCUT2D eigenvalue weighted by Crippen LogP contribution is 2.15. The molecule has 0 aliphatic rings. The predicted octanol–water partition coefficient (Wildman–Crippen LogP) is 1.88. The third-order valence-electron chi connectivity index (χ3n) is 2.82. The topological polar surface area (TPSA) is 40.5 Å². The van der Waals surface area contributed by atoms with Crippen molar-refractivity contribution in [2.45, 2.75) is 19.4 Å². The van der Waals surface area contributed by atoms with Crippen LogP contribution in [0.25, 0.3) is 10.8 Å². The van der Waals surface area contributed by atoms with Crippen molar-refractivity contribution >= 4 is 24.5 Å². The highest BCUT2D eigenvalue weighted by molar-refractivity contribution is 6.80. The van der Waals surface area contributed by atoms with Gasteiger partial charge in [0.25, 0.3) is 0 Å². The van der Waals surface area contributed by atoms with Gasteiger partial charge in [0, 0.05) is 5.19 Å². The molecular weight excluding hydrogens is 216 g/mol. The zero-order chi connectivity index (χ0) is 11.6. The second kappa shape index (κ2) is 4.37. The van der Waals surface area contributed by atoms with Crippen LogP contribution >= 0.6 is 0 Å². The lowest BCUT2D eigenvalue weighted by molar-refractivity contribution is 0.379. The van der Waals surface area contributed by atoms with Crippen molar-refractivity contribution in [3.63, 3.8) is 0 Å². The largest absolute Gasteiger partial charge is 0.407 e. The summed E-state index contributed by atoms with van der Waals surface area (Å²) >= 11 is 0. The highest BCUT2D eigenvalue weighted by Gasteiger charge is 2.32. The molecule has 0 spiro atoms. The molecule has 0 bridgehead atoms. The summed E-state index contributed by atoms with van der Waals surface area (Å²) in [6, 6.07) is 14.1. The number of hydrogen-bond donors (Lipinski definition) is 2. The summed E-state index contributed by atoms with van der Waals surface area (Å²) in [5, 5.41) is 2.76. The smallest absolute Gasteiger partial charge is 0.367 e. The van der Waals surface area contributed by atoms with Crippen LogP contribution in [0.1, 0.15) is 13.3 Å². The molecule has 0 fully saturated rings. The van der Waals surface area contributed by atoms with Crippen molar-refractivity contribution in [2.24, 2.45) is 0 Å². The van der Waals surface area contributed by atoms with E-state index in [9.17, 15) is 9.59 Å². The minimum Gasteiger partial charge on any atom is -0.407 e. The maximum absolute atomic E-state index is 10.2. The minimum atomic E-state index is -3.24. The molecule has 84 valence electrons. The maximum atomic E-state index is 10.2. The quantitative estimate of drug-likeness (QED) is 0.793. The molecule has 3 heteroatoms. The zero-order valence-corrected chi connectivity index (χ0v) is 10.4. The SMILES string of the molecule is CCC[Si](O)(O)c1cccc2ccccc12. The second-order valence-electron chi connectivity index (χ2n) is 4.09. The molecule has 0 atom stereocenters. The molecule has 0 amide bonds. The summed E-state index contributed by atoms with van der Waals surface area (Å²) < 4.78 is 0. The Morgan fingerprint density at radius 3 is 2.44 bits per heavy atom. The van der Waals surface area contributed by atoms with Crippen LogP contribution in [0.5, 0.6) is 0 Å². The predicted molar refractivity (Wildman–Crippen MR) is 68.9 cm³/mol. The Balaban J connectivity index is 2.60.